The number of hydrogen-bond donors (Lipinski definition) is 2. The first kappa shape index (κ1) is 13.7. The van der Waals surface area contributed by atoms with Crippen molar-refractivity contribution in [3.8, 4) is 0 Å². The van der Waals surface area contributed by atoms with Gasteiger partial charge in [-0.2, -0.15) is 0 Å². The number of carbonyl (C=O) groups excluding carboxylic acids is 1. The molecule has 1 aromatic heterocycles. The minimum Gasteiger partial charge on any atom is -0.350 e. The van der Waals surface area contributed by atoms with E-state index in [9.17, 15) is 4.79 Å². The first-order valence-electron chi connectivity index (χ1n) is 5.08. The molecule has 90 valence electrons. The average molecular weight is 305 g/mol. The molecule has 0 radical (unpaired) electrons. The van der Waals surface area contributed by atoms with Gasteiger partial charge in [-0.15, -0.1) is 11.3 Å². The van der Waals surface area contributed by atoms with Gasteiger partial charge in [0, 0.05) is 4.88 Å². The van der Waals surface area contributed by atoms with Crippen LogP contribution in [-0.4, -0.2) is 11.9 Å². The van der Waals surface area contributed by atoms with Gasteiger partial charge in [0.15, 0.2) is 0 Å². The van der Waals surface area contributed by atoms with Gasteiger partial charge in [0.25, 0.3) is 0 Å². The quantitative estimate of drug-likeness (QED) is 0.901. The summed E-state index contributed by atoms with van der Waals surface area (Å²) >= 11 is 4.99. The van der Waals surface area contributed by atoms with E-state index in [1.807, 2.05) is 32.9 Å². The molecule has 0 spiro atoms. The fourth-order valence-electron chi connectivity index (χ4n) is 1.12. The summed E-state index contributed by atoms with van der Waals surface area (Å²) in [5, 5.41) is 2.84. The maximum absolute atomic E-state index is 11.7. The molecular weight excluding hydrogens is 288 g/mol. The van der Waals surface area contributed by atoms with Crippen LogP contribution in [0.15, 0.2) is 15.9 Å². The minimum absolute atomic E-state index is 0.1000. The van der Waals surface area contributed by atoms with Crippen LogP contribution in [0.4, 0.5) is 0 Å². The normalized spacial score (nSPS) is 13.6. The summed E-state index contributed by atoms with van der Waals surface area (Å²) in [5.74, 6) is -0.1000. The fraction of sp³-hybridized carbons (Fsp3) is 0.545. The maximum Gasteiger partial charge on any atom is 0.237 e. The van der Waals surface area contributed by atoms with E-state index in [-0.39, 0.29) is 11.3 Å². The molecule has 0 bridgehead atoms. The Labute approximate surface area is 109 Å². The van der Waals surface area contributed by atoms with Crippen LogP contribution in [0.2, 0.25) is 0 Å². The van der Waals surface area contributed by atoms with Crippen LogP contribution < -0.4 is 11.1 Å². The molecule has 0 saturated carbocycles. The summed E-state index contributed by atoms with van der Waals surface area (Å²) in [5.41, 5.74) is 5.64. The lowest BCUT2D eigenvalue weighted by Gasteiger charge is -2.25. The molecule has 0 aliphatic carbocycles. The molecule has 16 heavy (non-hydrogen) atoms. The lowest BCUT2D eigenvalue weighted by Crippen LogP contribution is -2.48. The summed E-state index contributed by atoms with van der Waals surface area (Å²) in [4.78, 5) is 12.8. The zero-order valence-corrected chi connectivity index (χ0v) is 12.1. The SMILES string of the molecule is CC(C)(C)[C@H](N)C(=O)NCc1ccc(Br)s1. The third-order valence-corrected chi connectivity index (χ3v) is 3.90. The van der Waals surface area contributed by atoms with Crippen LogP contribution >= 0.6 is 27.3 Å². The molecule has 1 atom stereocenters. The first-order valence-corrected chi connectivity index (χ1v) is 6.69. The van der Waals surface area contributed by atoms with Crippen LogP contribution in [0.25, 0.3) is 0 Å². The zero-order valence-electron chi connectivity index (χ0n) is 9.71. The van der Waals surface area contributed by atoms with Crippen molar-refractivity contribution >= 4 is 33.2 Å². The summed E-state index contributed by atoms with van der Waals surface area (Å²) in [7, 11) is 0. The fourth-order valence-corrected chi connectivity index (χ4v) is 2.55. The predicted molar refractivity (Wildman–Crippen MR) is 71.3 cm³/mol. The minimum atomic E-state index is -0.476. The lowest BCUT2D eigenvalue weighted by atomic mass is 9.87. The number of halogens is 1. The molecule has 1 aromatic rings. The average Bonchev–Trinajstić information content (AvgIpc) is 2.58. The second-order valence-corrected chi connectivity index (χ2v) is 7.31. The van der Waals surface area contributed by atoms with Gasteiger partial charge in [0.2, 0.25) is 5.91 Å². The molecule has 0 fully saturated rings. The van der Waals surface area contributed by atoms with E-state index in [0.29, 0.717) is 6.54 Å². The van der Waals surface area contributed by atoms with Gasteiger partial charge in [-0.3, -0.25) is 4.79 Å². The van der Waals surface area contributed by atoms with Crippen molar-refractivity contribution in [2.24, 2.45) is 11.1 Å². The van der Waals surface area contributed by atoms with Gasteiger partial charge < -0.3 is 11.1 Å². The second-order valence-electron chi connectivity index (χ2n) is 4.77. The first-order chi connectivity index (χ1) is 7.30. The summed E-state index contributed by atoms with van der Waals surface area (Å²) in [6, 6.07) is 3.48. The summed E-state index contributed by atoms with van der Waals surface area (Å²) < 4.78 is 1.07. The Morgan fingerprint density at radius 2 is 2.19 bits per heavy atom. The molecule has 1 heterocycles. The second kappa shape index (κ2) is 5.29. The monoisotopic (exact) mass is 304 g/mol. The van der Waals surface area contributed by atoms with Crippen LogP contribution in [0.1, 0.15) is 25.6 Å². The van der Waals surface area contributed by atoms with E-state index in [1.165, 1.54) is 0 Å². The molecule has 0 saturated heterocycles. The van der Waals surface area contributed by atoms with E-state index in [1.54, 1.807) is 11.3 Å². The number of nitrogens with one attached hydrogen (secondary N) is 1. The van der Waals surface area contributed by atoms with Crippen LogP contribution in [0.5, 0.6) is 0 Å². The Morgan fingerprint density at radius 1 is 1.56 bits per heavy atom. The Bertz CT molecular complexity index is 370. The zero-order chi connectivity index (χ0) is 12.3. The van der Waals surface area contributed by atoms with Crippen molar-refractivity contribution in [2.45, 2.75) is 33.4 Å². The highest BCUT2D eigenvalue weighted by atomic mass is 79.9. The third-order valence-electron chi connectivity index (χ3n) is 2.28. The molecule has 0 aromatic carbocycles. The highest BCUT2D eigenvalue weighted by Gasteiger charge is 2.27. The summed E-state index contributed by atoms with van der Waals surface area (Å²) in [6.45, 7) is 6.41. The van der Waals surface area contributed by atoms with Crippen LogP contribution in [0, 0.1) is 5.41 Å². The van der Waals surface area contributed by atoms with Crippen LogP contribution in [-0.2, 0) is 11.3 Å². The van der Waals surface area contributed by atoms with Gasteiger partial charge in [-0.1, -0.05) is 20.8 Å². The molecule has 0 aliphatic heterocycles. The van der Waals surface area contributed by atoms with E-state index in [4.69, 9.17) is 5.73 Å². The highest BCUT2D eigenvalue weighted by molar-refractivity contribution is 9.11. The Morgan fingerprint density at radius 3 is 2.62 bits per heavy atom. The molecule has 0 aliphatic rings. The Balaban J connectivity index is 2.47. The van der Waals surface area contributed by atoms with E-state index in [0.717, 1.165) is 8.66 Å². The van der Waals surface area contributed by atoms with Gasteiger partial charge in [0.05, 0.1) is 16.4 Å². The van der Waals surface area contributed by atoms with Crippen molar-refractivity contribution in [2.75, 3.05) is 0 Å². The Hall–Kier alpha value is -0.390. The molecular formula is C11H17BrN2OS. The van der Waals surface area contributed by atoms with E-state index < -0.39 is 6.04 Å². The number of hydrogen-bond acceptors (Lipinski definition) is 3. The number of carbonyl (C=O) groups is 1. The smallest absolute Gasteiger partial charge is 0.237 e. The molecule has 5 heteroatoms. The van der Waals surface area contributed by atoms with Crippen molar-refractivity contribution in [1.82, 2.24) is 5.32 Å². The largest absolute Gasteiger partial charge is 0.350 e. The molecule has 0 unspecified atom stereocenters. The highest BCUT2D eigenvalue weighted by Crippen LogP contribution is 2.22. The molecule has 3 N–H and O–H groups in total. The van der Waals surface area contributed by atoms with Crippen molar-refractivity contribution in [3.63, 3.8) is 0 Å². The molecule has 3 nitrogen and oxygen atoms in total. The van der Waals surface area contributed by atoms with Gasteiger partial charge in [0.1, 0.15) is 0 Å². The van der Waals surface area contributed by atoms with E-state index >= 15 is 0 Å². The number of nitrogens with two attached hydrogens (primary N) is 1. The standard InChI is InChI=1S/C11H17BrN2OS/c1-11(2,3)9(13)10(15)14-6-7-4-5-8(12)16-7/h4-5,9H,6,13H2,1-3H3,(H,14,15)/t9-/m1/s1. The van der Waals surface area contributed by atoms with Crippen LogP contribution in [0.3, 0.4) is 0 Å². The topological polar surface area (TPSA) is 55.1 Å². The van der Waals surface area contributed by atoms with Gasteiger partial charge in [-0.25, -0.2) is 0 Å². The lowest BCUT2D eigenvalue weighted by molar-refractivity contribution is -0.124. The van der Waals surface area contributed by atoms with Crippen molar-refractivity contribution in [1.29, 1.82) is 0 Å². The van der Waals surface area contributed by atoms with Crippen molar-refractivity contribution in [3.05, 3.63) is 20.8 Å². The number of rotatable bonds is 3. The maximum atomic E-state index is 11.7. The third kappa shape index (κ3) is 3.88. The van der Waals surface area contributed by atoms with Gasteiger partial charge >= 0.3 is 0 Å². The molecule has 1 rings (SSSR count). The number of amides is 1. The molecule has 1 amide bonds. The Kier molecular flexibility index (Phi) is 4.52. The predicted octanol–water partition coefficient (Wildman–Crippen LogP) is 2.50. The summed E-state index contributed by atoms with van der Waals surface area (Å²) in [6.07, 6.45) is 0. The number of thiophene rings is 1. The van der Waals surface area contributed by atoms with Gasteiger partial charge in [-0.05, 0) is 33.5 Å². The van der Waals surface area contributed by atoms with Crippen molar-refractivity contribution < 1.29 is 4.79 Å². The van der Waals surface area contributed by atoms with E-state index in [2.05, 4.69) is 21.2 Å².